The zero-order valence-electron chi connectivity index (χ0n) is 15.8. The van der Waals surface area contributed by atoms with Gasteiger partial charge in [0.25, 0.3) is 5.89 Å². The minimum absolute atomic E-state index is 0.0346. The Morgan fingerprint density at radius 2 is 1.93 bits per heavy atom. The number of fused-ring (bicyclic) bond motifs is 1. The Morgan fingerprint density at radius 1 is 1.21 bits per heavy atom. The number of imidazole rings is 1. The molecule has 28 heavy (non-hydrogen) atoms. The lowest BCUT2D eigenvalue weighted by Crippen LogP contribution is -2.39. The lowest BCUT2D eigenvalue weighted by Gasteiger charge is -2.31. The van der Waals surface area contributed by atoms with Gasteiger partial charge >= 0.3 is 12.1 Å². The molecule has 0 unspecified atom stereocenters. The van der Waals surface area contributed by atoms with Crippen LogP contribution in [-0.2, 0) is 19.3 Å². The summed E-state index contributed by atoms with van der Waals surface area (Å²) in [6.45, 7) is 3.59. The maximum atomic E-state index is 13.5. The van der Waals surface area contributed by atoms with E-state index in [1.165, 1.54) is 15.7 Å². The first-order valence-electron chi connectivity index (χ1n) is 9.30. The van der Waals surface area contributed by atoms with E-state index in [-0.39, 0.29) is 31.4 Å². The monoisotopic (exact) mass is 397 g/mol. The van der Waals surface area contributed by atoms with Crippen molar-refractivity contribution in [3.8, 4) is 0 Å². The van der Waals surface area contributed by atoms with Crippen molar-refractivity contribution in [3.05, 3.63) is 35.1 Å². The van der Waals surface area contributed by atoms with Crippen LogP contribution in [0.4, 0.5) is 13.2 Å². The lowest BCUT2D eigenvalue weighted by atomic mass is 9.92. The highest BCUT2D eigenvalue weighted by Crippen LogP contribution is 2.37. The van der Waals surface area contributed by atoms with E-state index in [2.05, 4.69) is 14.9 Å². The summed E-state index contributed by atoms with van der Waals surface area (Å²) < 4.78 is 47.2. The third kappa shape index (κ3) is 3.41. The van der Waals surface area contributed by atoms with Gasteiger partial charge in [0.1, 0.15) is 5.76 Å². The first-order chi connectivity index (χ1) is 13.2. The quantitative estimate of drug-likeness (QED) is 0.780. The number of rotatable bonds is 2. The fourth-order valence-corrected chi connectivity index (χ4v) is 3.98. The predicted octanol–water partition coefficient (Wildman–Crippen LogP) is 2.66. The standard InChI is InChI=1S/C18H22F3N5O2/c1-11-9-22-15(28-11)16(27)25-7-8-26-13(10-25)14(23-17(26)18(19,20)21)12-3-5-24(2)6-4-12/h9,12H,3-8,10H2,1-2H3. The predicted molar refractivity (Wildman–Crippen MR) is 92.7 cm³/mol. The molecule has 1 fully saturated rings. The van der Waals surface area contributed by atoms with E-state index in [0.29, 0.717) is 17.1 Å². The first-order valence-corrected chi connectivity index (χ1v) is 9.30. The van der Waals surface area contributed by atoms with Crippen molar-refractivity contribution in [1.29, 1.82) is 0 Å². The molecule has 7 nitrogen and oxygen atoms in total. The van der Waals surface area contributed by atoms with E-state index in [1.807, 2.05) is 7.05 Å². The third-order valence-corrected chi connectivity index (χ3v) is 5.49. The second-order valence-electron chi connectivity index (χ2n) is 7.50. The topological polar surface area (TPSA) is 67.4 Å². The molecule has 152 valence electrons. The molecule has 0 atom stereocenters. The summed E-state index contributed by atoms with van der Waals surface area (Å²) in [4.78, 5) is 24.3. The summed E-state index contributed by atoms with van der Waals surface area (Å²) in [6, 6.07) is 0. The van der Waals surface area contributed by atoms with Crippen molar-refractivity contribution in [2.24, 2.45) is 0 Å². The molecular weight excluding hydrogens is 375 g/mol. The van der Waals surface area contributed by atoms with Crippen molar-refractivity contribution >= 4 is 5.91 Å². The van der Waals surface area contributed by atoms with Gasteiger partial charge in [0.2, 0.25) is 5.82 Å². The molecule has 0 bridgehead atoms. The number of hydrogen-bond acceptors (Lipinski definition) is 5. The van der Waals surface area contributed by atoms with Gasteiger partial charge in [0, 0.05) is 19.0 Å². The number of carbonyl (C=O) groups is 1. The Kier molecular flexibility index (Phi) is 4.68. The SMILES string of the molecule is Cc1cnc(C(=O)N2CCn3c(C(F)(F)F)nc(C4CCN(C)CC4)c3C2)o1. The third-order valence-electron chi connectivity index (χ3n) is 5.49. The van der Waals surface area contributed by atoms with Gasteiger partial charge in [0.15, 0.2) is 0 Å². The number of alkyl halides is 3. The van der Waals surface area contributed by atoms with Gasteiger partial charge in [-0.15, -0.1) is 0 Å². The molecule has 2 aliphatic heterocycles. The van der Waals surface area contributed by atoms with Crippen molar-refractivity contribution in [3.63, 3.8) is 0 Å². The Labute approximate surface area is 160 Å². The van der Waals surface area contributed by atoms with Crippen LogP contribution in [-0.4, -0.2) is 56.9 Å². The molecule has 2 aromatic heterocycles. The van der Waals surface area contributed by atoms with Crippen molar-refractivity contribution in [2.75, 3.05) is 26.7 Å². The number of nitrogens with zero attached hydrogens (tertiary/aromatic N) is 5. The van der Waals surface area contributed by atoms with E-state index in [0.717, 1.165) is 25.9 Å². The molecule has 4 rings (SSSR count). The summed E-state index contributed by atoms with van der Waals surface area (Å²) in [6.07, 6.45) is -1.56. The largest absolute Gasteiger partial charge is 0.449 e. The Morgan fingerprint density at radius 3 is 2.54 bits per heavy atom. The average molecular weight is 397 g/mol. The number of aryl methyl sites for hydroxylation is 1. The highest BCUT2D eigenvalue weighted by Gasteiger charge is 2.42. The van der Waals surface area contributed by atoms with E-state index < -0.39 is 17.9 Å². The van der Waals surface area contributed by atoms with Crippen molar-refractivity contribution in [2.45, 2.75) is 44.9 Å². The fraction of sp³-hybridized carbons (Fsp3) is 0.611. The second-order valence-corrected chi connectivity index (χ2v) is 7.50. The molecule has 10 heteroatoms. The fourth-order valence-electron chi connectivity index (χ4n) is 3.98. The number of carbonyl (C=O) groups excluding carboxylic acids is 1. The molecule has 2 aromatic rings. The summed E-state index contributed by atoms with van der Waals surface area (Å²) in [7, 11) is 2.00. The average Bonchev–Trinajstić information content (AvgIpc) is 3.25. The minimum Gasteiger partial charge on any atom is -0.438 e. The number of hydrogen-bond donors (Lipinski definition) is 0. The van der Waals surface area contributed by atoms with E-state index >= 15 is 0 Å². The van der Waals surface area contributed by atoms with Crippen molar-refractivity contribution in [1.82, 2.24) is 24.3 Å². The summed E-state index contributed by atoms with van der Waals surface area (Å²) in [5.41, 5.74) is 0.950. The molecule has 0 aromatic carbocycles. The number of oxazole rings is 1. The van der Waals surface area contributed by atoms with Crippen LogP contribution in [0.5, 0.6) is 0 Å². The number of piperidine rings is 1. The maximum Gasteiger partial charge on any atom is 0.449 e. The molecular formula is C18H22F3N5O2. The smallest absolute Gasteiger partial charge is 0.438 e. The second kappa shape index (κ2) is 6.91. The van der Waals surface area contributed by atoms with Gasteiger partial charge in [0.05, 0.1) is 24.1 Å². The van der Waals surface area contributed by atoms with Crippen LogP contribution < -0.4 is 0 Å². The highest BCUT2D eigenvalue weighted by atomic mass is 19.4. The van der Waals surface area contributed by atoms with Gasteiger partial charge in [-0.1, -0.05) is 0 Å². The molecule has 0 saturated carbocycles. The van der Waals surface area contributed by atoms with Crippen molar-refractivity contribution < 1.29 is 22.4 Å². The van der Waals surface area contributed by atoms with Gasteiger partial charge in [-0.25, -0.2) is 9.97 Å². The Hall–Kier alpha value is -2.36. The summed E-state index contributed by atoms with van der Waals surface area (Å²) in [5.74, 6) is -0.842. The number of amides is 1. The summed E-state index contributed by atoms with van der Waals surface area (Å²) >= 11 is 0. The molecule has 0 spiro atoms. The van der Waals surface area contributed by atoms with Crippen LogP contribution in [0.15, 0.2) is 10.6 Å². The molecule has 0 aliphatic carbocycles. The first kappa shape index (κ1) is 19.0. The number of likely N-dealkylation sites (tertiary alicyclic amines) is 1. The van der Waals surface area contributed by atoms with Gasteiger partial charge in [-0.05, 0) is 39.9 Å². The van der Waals surface area contributed by atoms with Crippen LogP contribution in [0.25, 0.3) is 0 Å². The van der Waals surface area contributed by atoms with Crippen LogP contribution >= 0.6 is 0 Å². The molecule has 1 amide bonds. The number of aromatic nitrogens is 3. The van der Waals surface area contributed by atoms with E-state index in [1.54, 1.807) is 6.92 Å². The Balaban J connectivity index is 1.66. The molecule has 1 saturated heterocycles. The molecule has 0 N–H and O–H groups in total. The van der Waals surface area contributed by atoms with Gasteiger partial charge in [-0.3, -0.25) is 4.79 Å². The van der Waals surface area contributed by atoms with Crippen LogP contribution in [0.3, 0.4) is 0 Å². The van der Waals surface area contributed by atoms with E-state index in [4.69, 9.17) is 4.42 Å². The maximum absolute atomic E-state index is 13.5. The lowest BCUT2D eigenvalue weighted by molar-refractivity contribution is -0.147. The normalized spacial score (nSPS) is 19.1. The van der Waals surface area contributed by atoms with Crippen LogP contribution in [0, 0.1) is 6.92 Å². The van der Waals surface area contributed by atoms with Crippen LogP contribution in [0.1, 0.15) is 52.4 Å². The van der Waals surface area contributed by atoms with Gasteiger partial charge < -0.3 is 18.8 Å². The van der Waals surface area contributed by atoms with Gasteiger partial charge in [-0.2, -0.15) is 13.2 Å². The minimum atomic E-state index is -4.52. The van der Waals surface area contributed by atoms with Crippen LogP contribution in [0.2, 0.25) is 0 Å². The highest BCUT2D eigenvalue weighted by molar-refractivity contribution is 5.89. The van der Waals surface area contributed by atoms with E-state index in [9.17, 15) is 18.0 Å². The molecule has 0 radical (unpaired) electrons. The zero-order valence-corrected chi connectivity index (χ0v) is 15.8. The molecule has 2 aliphatic rings. The summed E-state index contributed by atoms with van der Waals surface area (Å²) in [5, 5.41) is 0. The molecule has 4 heterocycles. The number of halogens is 3. The Bertz CT molecular complexity index is 880. The zero-order chi connectivity index (χ0) is 20.1.